The van der Waals surface area contributed by atoms with Crippen LogP contribution >= 0.6 is 23.1 Å². The topological polar surface area (TPSA) is 64.9 Å². The standard InChI is InChI=1S/C14H19N3OS2/c1-14(2,3)19-7-10-16-13(18-17-10)11-8-5-4-6-9(8)20-12(11)15/h4-7,15H2,1-3H3. The van der Waals surface area contributed by atoms with Gasteiger partial charge >= 0.3 is 0 Å². The van der Waals surface area contributed by atoms with Crippen LogP contribution in [0.2, 0.25) is 0 Å². The van der Waals surface area contributed by atoms with Crippen molar-refractivity contribution in [3.63, 3.8) is 0 Å². The van der Waals surface area contributed by atoms with Crippen LogP contribution < -0.4 is 5.73 Å². The summed E-state index contributed by atoms with van der Waals surface area (Å²) in [5.41, 5.74) is 8.43. The first-order valence-electron chi connectivity index (χ1n) is 6.81. The average Bonchev–Trinajstić information content (AvgIpc) is 3.00. The van der Waals surface area contributed by atoms with Gasteiger partial charge in [0.2, 0.25) is 0 Å². The molecule has 0 saturated heterocycles. The molecule has 0 bridgehead atoms. The fourth-order valence-corrected chi connectivity index (χ4v) is 4.19. The summed E-state index contributed by atoms with van der Waals surface area (Å²) in [4.78, 5) is 5.91. The Kier molecular flexibility index (Phi) is 3.54. The van der Waals surface area contributed by atoms with Crippen LogP contribution in [0.3, 0.4) is 0 Å². The SMILES string of the molecule is CC(C)(C)SCc1noc(-c2c(N)sc3c2CCC3)n1. The van der Waals surface area contributed by atoms with Gasteiger partial charge in [-0.05, 0) is 24.8 Å². The second-order valence-electron chi connectivity index (χ2n) is 6.01. The maximum absolute atomic E-state index is 6.12. The lowest BCUT2D eigenvalue weighted by molar-refractivity contribution is 0.425. The summed E-state index contributed by atoms with van der Waals surface area (Å²) in [7, 11) is 0. The van der Waals surface area contributed by atoms with Gasteiger partial charge in [0.25, 0.3) is 5.89 Å². The fourth-order valence-electron chi connectivity index (χ4n) is 2.36. The van der Waals surface area contributed by atoms with Gasteiger partial charge < -0.3 is 10.3 Å². The maximum Gasteiger partial charge on any atom is 0.261 e. The summed E-state index contributed by atoms with van der Waals surface area (Å²) in [6.45, 7) is 6.55. The van der Waals surface area contributed by atoms with Crippen LogP contribution in [0.5, 0.6) is 0 Å². The van der Waals surface area contributed by atoms with Gasteiger partial charge in [-0.15, -0.1) is 23.1 Å². The number of nitrogens with zero attached hydrogens (tertiary/aromatic N) is 2. The Balaban J connectivity index is 1.84. The highest BCUT2D eigenvalue weighted by molar-refractivity contribution is 7.99. The summed E-state index contributed by atoms with van der Waals surface area (Å²) in [5.74, 6) is 2.10. The van der Waals surface area contributed by atoms with Crippen LogP contribution in [-0.2, 0) is 18.6 Å². The van der Waals surface area contributed by atoms with E-state index in [0.29, 0.717) is 5.89 Å². The van der Waals surface area contributed by atoms with E-state index in [2.05, 4.69) is 30.9 Å². The van der Waals surface area contributed by atoms with Crippen molar-refractivity contribution >= 4 is 28.1 Å². The number of thioether (sulfide) groups is 1. The van der Waals surface area contributed by atoms with Crippen molar-refractivity contribution in [3.05, 3.63) is 16.3 Å². The summed E-state index contributed by atoms with van der Waals surface area (Å²) in [6, 6.07) is 0. The molecule has 0 radical (unpaired) electrons. The molecule has 1 aliphatic carbocycles. The molecule has 0 fully saturated rings. The fraction of sp³-hybridized carbons (Fsp3) is 0.571. The van der Waals surface area contributed by atoms with E-state index in [4.69, 9.17) is 10.3 Å². The number of nitrogens with two attached hydrogens (primary N) is 1. The van der Waals surface area contributed by atoms with Gasteiger partial charge in [-0.25, -0.2) is 0 Å². The molecule has 6 heteroatoms. The van der Waals surface area contributed by atoms with E-state index in [9.17, 15) is 0 Å². The Morgan fingerprint density at radius 1 is 1.35 bits per heavy atom. The van der Waals surface area contributed by atoms with Crippen LogP contribution in [0.15, 0.2) is 4.52 Å². The van der Waals surface area contributed by atoms with Crippen molar-refractivity contribution in [2.75, 3.05) is 5.73 Å². The zero-order valence-corrected chi connectivity index (χ0v) is 13.7. The first kappa shape index (κ1) is 13.9. The predicted molar refractivity (Wildman–Crippen MR) is 85.1 cm³/mol. The third-order valence-electron chi connectivity index (χ3n) is 3.26. The Labute approximate surface area is 127 Å². The van der Waals surface area contributed by atoms with E-state index in [0.717, 1.165) is 35.0 Å². The number of rotatable bonds is 3. The zero-order valence-electron chi connectivity index (χ0n) is 12.0. The molecule has 0 atom stereocenters. The molecule has 3 rings (SSSR count). The molecule has 2 heterocycles. The molecule has 108 valence electrons. The highest BCUT2D eigenvalue weighted by Crippen LogP contribution is 2.42. The molecule has 0 spiro atoms. The highest BCUT2D eigenvalue weighted by atomic mass is 32.2. The average molecular weight is 309 g/mol. The minimum atomic E-state index is 0.198. The number of hydrogen-bond acceptors (Lipinski definition) is 6. The molecule has 2 aromatic heterocycles. The largest absolute Gasteiger partial charge is 0.390 e. The normalized spacial score (nSPS) is 14.8. The summed E-state index contributed by atoms with van der Waals surface area (Å²) in [5, 5.41) is 4.90. The molecule has 2 N–H and O–H groups in total. The van der Waals surface area contributed by atoms with Gasteiger partial charge in [0.1, 0.15) is 0 Å². The van der Waals surface area contributed by atoms with Crippen molar-refractivity contribution < 1.29 is 4.52 Å². The number of hydrogen-bond donors (Lipinski definition) is 1. The Morgan fingerprint density at radius 2 is 2.15 bits per heavy atom. The van der Waals surface area contributed by atoms with Crippen molar-refractivity contribution in [1.29, 1.82) is 0 Å². The van der Waals surface area contributed by atoms with Gasteiger partial charge in [0, 0.05) is 9.62 Å². The van der Waals surface area contributed by atoms with Gasteiger partial charge in [0.15, 0.2) is 5.82 Å². The maximum atomic E-state index is 6.12. The molecule has 4 nitrogen and oxygen atoms in total. The van der Waals surface area contributed by atoms with Crippen molar-refractivity contribution in [1.82, 2.24) is 10.1 Å². The molecule has 0 aromatic carbocycles. The lowest BCUT2D eigenvalue weighted by Gasteiger charge is -2.15. The zero-order chi connectivity index (χ0) is 14.3. The molecule has 0 unspecified atom stereocenters. The quantitative estimate of drug-likeness (QED) is 0.931. The number of fused-ring (bicyclic) bond motifs is 1. The van der Waals surface area contributed by atoms with Crippen molar-refractivity contribution in [2.24, 2.45) is 0 Å². The Morgan fingerprint density at radius 3 is 2.90 bits per heavy atom. The first-order chi connectivity index (χ1) is 9.44. The summed E-state index contributed by atoms with van der Waals surface area (Å²) in [6.07, 6.45) is 3.41. The molecule has 1 aliphatic rings. The lowest BCUT2D eigenvalue weighted by Crippen LogP contribution is -2.07. The molecular weight excluding hydrogens is 290 g/mol. The van der Waals surface area contributed by atoms with Gasteiger partial charge in [0.05, 0.1) is 16.3 Å². The van der Waals surface area contributed by atoms with Crippen molar-refractivity contribution in [2.45, 2.75) is 50.5 Å². The third kappa shape index (κ3) is 2.72. The van der Waals surface area contributed by atoms with Gasteiger partial charge in [-0.2, -0.15) is 4.98 Å². The Hall–Kier alpha value is -1.01. The minimum Gasteiger partial charge on any atom is -0.390 e. The number of aromatic nitrogens is 2. The minimum absolute atomic E-state index is 0.198. The molecule has 0 amide bonds. The number of nitrogen functional groups attached to an aromatic ring is 1. The summed E-state index contributed by atoms with van der Waals surface area (Å²) >= 11 is 3.48. The van der Waals surface area contributed by atoms with Crippen LogP contribution in [0.1, 0.15) is 43.5 Å². The van der Waals surface area contributed by atoms with E-state index in [1.54, 1.807) is 11.3 Å². The monoisotopic (exact) mass is 309 g/mol. The smallest absolute Gasteiger partial charge is 0.261 e. The van der Waals surface area contributed by atoms with Crippen LogP contribution in [0.4, 0.5) is 5.00 Å². The highest BCUT2D eigenvalue weighted by Gasteiger charge is 2.25. The van der Waals surface area contributed by atoms with Crippen LogP contribution in [0.25, 0.3) is 11.5 Å². The van der Waals surface area contributed by atoms with Crippen LogP contribution in [0, 0.1) is 0 Å². The van der Waals surface area contributed by atoms with Crippen molar-refractivity contribution in [3.8, 4) is 11.5 Å². The molecule has 2 aromatic rings. The summed E-state index contributed by atoms with van der Waals surface area (Å²) < 4.78 is 5.63. The van der Waals surface area contributed by atoms with E-state index in [1.165, 1.54) is 16.9 Å². The number of thiophene rings is 1. The second kappa shape index (κ2) is 5.07. The van der Waals surface area contributed by atoms with Gasteiger partial charge in [-0.1, -0.05) is 25.9 Å². The van der Waals surface area contributed by atoms with E-state index >= 15 is 0 Å². The van der Waals surface area contributed by atoms with E-state index in [-0.39, 0.29) is 4.75 Å². The lowest BCUT2D eigenvalue weighted by atomic mass is 10.1. The molecular formula is C14H19N3OS2. The van der Waals surface area contributed by atoms with E-state index in [1.807, 2.05) is 11.8 Å². The first-order valence-corrected chi connectivity index (χ1v) is 8.61. The molecule has 20 heavy (non-hydrogen) atoms. The van der Waals surface area contributed by atoms with Gasteiger partial charge in [-0.3, -0.25) is 0 Å². The van der Waals surface area contributed by atoms with E-state index < -0.39 is 0 Å². The number of anilines is 1. The third-order valence-corrected chi connectivity index (χ3v) is 5.65. The molecule has 0 saturated carbocycles. The Bertz CT molecular complexity index is 625. The van der Waals surface area contributed by atoms with Crippen LogP contribution in [-0.4, -0.2) is 14.9 Å². The number of aryl methyl sites for hydroxylation is 1. The second-order valence-corrected chi connectivity index (χ2v) is 8.95. The predicted octanol–water partition coefficient (Wildman–Crippen LogP) is 3.90. The molecule has 0 aliphatic heterocycles.